The minimum absolute atomic E-state index is 0.185. The van der Waals surface area contributed by atoms with E-state index in [4.69, 9.17) is 0 Å². The quantitative estimate of drug-likeness (QED) is 0.738. The van der Waals surface area contributed by atoms with E-state index in [1.54, 1.807) is 11.7 Å². The molecule has 0 unspecified atom stereocenters. The molecule has 0 aliphatic carbocycles. The third-order valence-corrected chi connectivity index (χ3v) is 4.04. The first-order valence-corrected chi connectivity index (χ1v) is 6.78. The fourth-order valence-corrected chi connectivity index (χ4v) is 2.57. The van der Waals surface area contributed by atoms with Crippen molar-refractivity contribution < 1.29 is 4.79 Å². The molecular formula is C10H17N5OS. The second kappa shape index (κ2) is 5.48. The fraction of sp³-hybridized carbons (Fsp3) is 0.800. The number of hydrogen-bond donors (Lipinski definition) is 0. The number of tetrazole rings is 1. The molecule has 0 bridgehead atoms. The number of rotatable bonds is 3. The van der Waals surface area contributed by atoms with Crippen LogP contribution in [0.25, 0.3) is 0 Å². The van der Waals surface area contributed by atoms with Crippen LogP contribution in [0.4, 0.5) is 0 Å². The number of piperidine rings is 1. The number of carbonyl (C=O) groups is 1. The van der Waals surface area contributed by atoms with Crippen molar-refractivity contribution in [1.82, 2.24) is 25.1 Å². The second-order valence-electron chi connectivity index (χ2n) is 4.44. The summed E-state index contributed by atoms with van der Waals surface area (Å²) in [4.78, 5) is 13.9. The molecule has 2 rings (SSSR count). The van der Waals surface area contributed by atoms with Crippen molar-refractivity contribution in [3.8, 4) is 0 Å². The zero-order valence-electron chi connectivity index (χ0n) is 10.2. The molecule has 6 nitrogen and oxygen atoms in total. The Bertz CT molecular complexity index is 386. The molecule has 0 radical (unpaired) electrons. The van der Waals surface area contributed by atoms with E-state index < -0.39 is 0 Å². The van der Waals surface area contributed by atoms with Crippen LogP contribution in [0.3, 0.4) is 0 Å². The Morgan fingerprint density at radius 3 is 2.76 bits per heavy atom. The smallest absolute Gasteiger partial charge is 0.233 e. The molecule has 1 aliphatic heterocycles. The van der Waals surface area contributed by atoms with Gasteiger partial charge in [-0.05, 0) is 29.2 Å². The van der Waals surface area contributed by atoms with Crippen molar-refractivity contribution in [2.75, 3.05) is 18.8 Å². The van der Waals surface area contributed by atoms with Gasteiger partial charge in [-0.25, -0.2) is 4.68 Å². The molecule has 2 heterocycles. The van der Waals surface area contributed by atoms with Gasteiger partial charge in [0.1, 0.15) is 0 Å². The van der Waals surface area contributed by atoms with Gasteiger partial charge in [0, 0.05) is 20.1 Å². The van der Waals surface area contributed by atoms with Gasteiger partial charge in [-0.1, -0.05) is 18.7 Å². The van der Waals surface area contributed by atoms with Gasteiger partial charge in [-0.15, -0.1) is 5.10 Å². The number of hydrogen-bond acceptors (Lipinski definition) is 5. The highest BCUT2D eigenvalue weighted by atomic mass is 32.2. The van der Waals surface area contributed by atoms with Gasteiger partial charge in [0.25, 0.3) is 0 Å². The average Bonchev–Trinajstić information content (AvgIpc) is 2.73. The SMILES string of the molecule is CC1CCN(C(=O)CSc2nnnn2C)CC1. The van der Waals surface area contributed by atoms with Crippen LogP contribution in [0.2, 0.25) is 0 Å². The molecule has 7 heteroatoms. The van der Waals surface area contributed by atoms with Gasteiger partial charge in [-0.2, -0.15) is 0 Å². The maximum absolute atomic E-state index is 11.9. The summed E-state index contributed by atoms with van der Waals surface area (Å²) in [6, 6.07) is 0. The summed E-state index contributed by atoms with van der Waals surface area (Å²) in [6.07, 6.45) is 2.23. The van der Waals surface area contributed by atoms with Gasteiger partial charge in [0.15, 0.2) is 0 Å². The lowest BCUT2D eigenvalue weighted by Crippen LogP contribution is -2.38. The lowest BCUT2D eigenvalue weighted by molar-refractivity contribution is -0.129. The van der Waals surface area contributed by atoms with Crippen LogP contribution >= 0.6 is 11.8 Å². The normalized spacial score (nSPS) is 17.4. The summed E-state index contributed by atoms with van der Waals surface area (Å²) < 4.78 is 1.58. The molecule has 1 amide bonds. The zero-order valence-corrected chi connectivity index (χ0v) is 11.0. The van der Waals surface area contributed by atoms with Gasteiger partial charge in [0.05, 0.1) is 5.75 Å². The molecule has 94 valence electrons. The molecule has 0 atom stereocenters. The largest absolute Gasteiger partial charge is 0.342 e. The molecule has 0 saturated carbocycles. The van der Waals surface area contributed by atoms with Gasteiger partial charge in [0.2, 0.25) is 11.1 Å². The molecule has 0 aromatic carbocycles. The van der Waals surface area contributed by atoms with E-state index in [0.717, 1.165) is 31.8 Å². The van der Waals surface area contributed by atoms with E-state index in [0.29, 0.717) is 10.9 Å². The number of carbonyl (C=O) groups excluding carboxylic acids is 1. The molecule has 0 spiro atoms. The van der Waals surface area contributed by atoms with Crippen molar-refractivity contribution in [3.05, 3.63) is 0 Å². The number of nitrogens with zero attached hydrogens (tertiary/aromatic N) is 5. The monoisotopic (exact) mass is 255 g/mol. The van der Waals surface area contributed by atoms with Crippen LogP contribution in [-0.4, -0.2) is 49.9 Å². The number of amides is 1. The highest BCUT2D eigenvalue weighted by Crippen LogP contribution is 2.18. The standard InChI is InChI=1S/C10H17N5OS/c1-8-3-5-15(6-4-8)9(16)7-17-10-11-12-13-14(10)2/h8H,3-7H2,1-2H3. The molecule has 1 aliphatic rings. The van der Waals surface area contributed by atoms with E-state index in [1.165, 1.54) is 11.8 Å². The average molecular weight is 255 g/mol. The van der Waals surface area contributed by atoms with Crippen molar-refractivity contribution in [2.45, 2.75) is 24.9 Å². The molecule has 1 saturated heterocycles. The third-order valence-electron chi connectivity index (χ3n) is 3.04. The molecular weight excluding hydrogens is 238 g/mol. The first kappa shape index (κ1) is 12.3. The summed E-state index contributed by atoms with van der Waals surface area (Å²) in [5.41, 5.74) is 0. The zero-order chi connectivity index (χ0) is 12.3. The number of aromatic nitrogens is 4. The predicted octanol–water partition coefficient (Wildman–Crippen LogP) is 0.561. The van der Waals surface area contributed by atoms with E-state index in [1.807, 2.05) is 4.90 Å². The first-order chi connectivity index (χ1) is 8.16. The molecule has 1 fully saturated rings. The summed E-state index contributed by atoms with van der Waals surface area (Å²) in [5, 5.41) is 11.8. The van der Waals surface area contributed by atoms with Crippen LogP contribution in [-0.2, 0) is 11.8 Å². The van der Waals surface area contributed by atoms with Gasteiger partial charge >= 0.3 is 0 Å². The van der Waals surface area contributed by atoms with Crippen LogP contribution in [0, 0.1) is 5.92 Å². The van der Waals surface area contributed by atoms with E-state index in [-0.39, 0.29) is 5.91 Å². The van der Waals surface area contributed by atoms with E-state index in [9.17, 15) is 4.79 Å². The Morgan fingerprint density at radius 2 is 2.18 bits per heavy atom. The minimum atomic E-state index is 0.185. The lowest BCUT2D eigenvalue weighted by atomic mass is 9.99. The van der Waals surface area contributed by atoms with Crippen molar-refractivity contribution in [1.29, 1.82) is 0 Å². The third kappa shape index (κ3) is 3.18. The van der Waals surface area contributed by atoms with Crippen molar-refractivity contribution >= 4 is 17.7 Å². The Kier molecular flexibility index (Phi) is 3.98. The van der Waals surface area contributed by atoms with Crippen LogP contribution in [0.15, 0.2) is 5.16 Å². The summed E-state index contributed by atoms with van der Waals surface area (Å²) in [5.74, 6) is 1.35. The fourth-order valence-electron chi connectivity index (χ4n) is 1.82. The Balaban J connectivity index is 1.80. The predicted molar refractivity (Wildman–Crippen MR) is 64.5 cm³/mol. The van der Waals surface area contributed by atoms with Crippen LogP contribution in [0.5, 0.6) is 0 Å². The Labute approximate surface area is 105 Å². The van der Waals surface area contributed by atoms with Crippen molar-refractivity contribution in [3.63, 3.8) is 0 Å². The van der Waals surface area contributed by atoms with Crippen LogP contribution in [0.1, 0.15) is 19.8 Å². The van der Waals surface area contributed by atoms with Gasteiger partial charge < -0.3 is 4.90 Å². The van der Waals surface area contributed by atoms with E-state index in [2.05, 4.69) is 22.4 Å². The summed E-state index contributed by atoms with van der Waals surface area (Å²) >= 11 is 1.39. The minimum Gasteiger partial charge on any atom is -0.342 e. The second-order valence-corrected chi connectivity index (χ2v) is 5.38. The van der Waals surface area contributed by atoms with E-state index >= 15 is 0 Å². The number of likely N-dealkylation sites (tertiary alicyclic amines) is 1. The van der Waals surface area contributed by atoms with Crippen LogP contribution < -0.4 is 0 Å². The first-order valence-electron chi connectivity index (χ1n) is 5.79. The Morgan fingerprint density at radius 1 is 1.47 bits per heavy atom. The molecule has 1 aromatic rings. The molecule has 1 aromatic heterocycles. The summed E-state index contributed by atoms with van der Waals surface area (Å²) in [7, 11) is 1.77. The van der Waals surface area contributed by atoms with Gasteiger partial charge in [-0.3, -0.25) is 4.79 Å². The highest BCUT2D eigenvalue weighted by Gasteiger charge is 2.20. The number of thioether (sulfide) groups is 1. The lowest BCUT2D eigenvalue weighted by Gasteiger charge is -2.30. The number of aryl methyl sites for hydroxylation is 1. The highest BCUT2D eigenvalue weighted by molar-refractivity contribution is 7.99. The van der Waals surface area contributed by atoms with Crippen molar-refractivity contribution in [2.24, 2.45) is 13.0 Å². The maximum atomic E-state index is 11.9. The maximum Gasteiger partial charge on any atom is 0.233 e. The molecule has 0 N–H and O–H groups in total. The molecule has 17 heavy (non-hydrogen) atoms. The Hall–Kier alpha value is -1.11. The summed E-state index contributed by atoms with van der Waals surface area (Å²) in [6.45, 7) is 4.01. The topological polar surface area (TPSA) is 63.9 Å².